The molecule has 0 aliphatic rings. The average Bonchev–Trinajstić information content (AvgIpc) is 3.19. The van der Waals surface area contributed by atoms with E-state index in [4.69, 9.17) is 0 Å². The van der Waals surface area contributed by atoms with E-state index in [0.29, 0.717) is 5.56 Å². The van der Waals surface area contributed by atoms with Crippen molar-refractivity contribution in [3.63, 3.8) is 0 Å². The molecule has 2 heterocycles. The van der Waals surface area contributed by atoms with Gasteiger partial charge >= 0.3 is 0 Å². The quantitative estimate of drug-likeness (QED) is 0.286. The summed E-state index contributed by atoms with van der Waals surface area (Å²) in [7, 11) is 0. The highest BCUT2D eigenvalue weighted by Crippen LogP contribution is 2.20. The predicted molar refractivity (Wildman–Crippen MR) is 112 cm³/mol. The zero-order chi connectivity index (χ0) is 19.2. The highest BCUT2D eigenvalue weighted by atomic mass is 32.2. The molecule has 0 fully saturated rings. The molecule has 0 saturated heterocycles. The van der Waals surface area contributed by atoms with Crippen LogP contribution in [-0.4, -0.2) is 21.6 Å². The summed E-state index contributed by atoms with van der Waals surface area (Å²) in [5.74, 6) is 0.531. The van der Waals surface area contributed by atoms with Gasteiger partial charge in [-0.05, 0) is 56.0 Å². The van der Waals surface area contributed by atoms with Gasteiger partial charge in [0.15, 0.2) is 5.16 Å². The molecule has 3 rings (SSSR count). The summed E-state index contributed by atoms with van der Waals surface area (Å²) in [6.45, 7) is 5.81. The maximum Gasteiger partial charge on any atom is 0.271 e. The molecule has 0 bridgehead atoms. The van der Waals surface area contributed by atoms with Crippen LogP contribution in [0.15, 0.2) is 58.1 Å². The Morgan fingerprint density at radius 2 is 1.85 bits per heavy atom. The van der Waals surface area contributed by atoms with Gasteiger partial charge in [-0.3, -0.25) is 4.79 Å². The Morgan fingerprint density at radius 3 is 2.48 bits per heavy atom. The van der Waals surface area contributed by atoms with Crippen LogP contribution in [-0.2, 0) is 5.75 Å². The number of hydrazone groups is 1. The molecule has 2 aromatic heterocycles. The molecular weight excluding hydrogens is 376 g/mol. The zero-order valence-corrected chi connectivity index (χ0v) is 17.0. The van der Waals surface area contributed by atoms with E-state index in [1.807, 2.05) is 68.6 Å². The third-order valence-electron chi connectivity index (χ3n) is 3.75. The summed E-state index contributed by atoms with van der Waals surface area (Å²) in [5, 5.41) is 6.92. The molecule has 0 saturated carbocycles. The van der Waals surface area contributed by atoms with E-state index in [-0.39, 0.29) is 5.91 Å². The van der Waals surface area contributed by atoms with Crippen LogP contribution in [0.4, 0.5) is 0 Å². The van der Waals surface area contributed by atoms with Crippen molar-refractivity contribution in [2.75, 3.05) is 0 Å². The molecule has 7 heteroatoms. The summed E-state index contributed by atoms with van der Waals surface area (Å²) in [6.07, 6.45) is 0. The number of aromatic nitrogens is 2. The van der Waals surface area contributed by atoms with Crippen molar-refractivity contribution >= 4 is 34.7 Å². The first-order valence-corrected chi connectivity index (χ1v) is 10.3. The summed E-state index contributed by atoms with van der Waals surface area (Å²) in [5.41, 5.74) is 7.02. The molecule has 0 aliphatic carbocycles. The number of aryl methyl sites for hydroxylation is 2. The van der Waals surface area contributed by atoms with Gasteiger partial charge in [0.1, 0.15) is 0 Å². The van der Waals surface area contributed by atoms with Crippen LogP contribution in [0.5, 0.6) is 0 Å². The van der Waals surface area contributed by atoms with Gasteiger partial charge in [-0.1, -0.05) is 30.0 Å². The maximum absolute atomic E-state index is 12.2. The lowest BCUT2D eigenvalue weighted by atomic mass is 10.1. The van der Waals surface area contributed by atoms with Gasteiger partial charge in [-0.2, -0.15) is 5.10 Å². The van der Waals surface area contributed by atoms with Gasteiger partial charge in [0, 0.05) is 27.6 Å². The molecule has 1 amide bonds. The highest BCUT2D eigenvalue weighted by Gasteiger charge is 2.07. The Kier molecular flexibility index (Phi) is 6.36. The summed E-state index contributed by atoms with van der Waals surface area (Å²) < 4.78 is 0. The lowest BCUT2D eigenvalue weighted by molar-refractivity contribution is 0.0955. The van der Waals surface area contributed by atoms with Crippen LogP contribution in [0.2, 0.25) is 0 Å². The van der Waals surface area contributed by atoms with Gasteiger partial charge in [0.2, 0.25) is 0 Å². The SMILES string of the molecule is C/C(=N\NC(=O)c1ccc(CSc2nc(C)cc(C)n2)cc1)c1cccs1. The minimum atomic E-state index is -0.220. The van der Waals surface area contributed by atoms with Crippen LogP contribution >= 0.6 is 23.1 Å². The Hall–Kier alpha value is -2.51. The molecule has 27 heavy (non-hydrogen) atoms. The maximum atomic E-state index is 12.2. The fraction of sp³-hybridized carbons (Fsp3) is 0.200. The second kappa shape index (κ2) is 8.92. The van der Waals surface area contributed by atoms with Crippen molar-refractivity contribution in [3.05, 3.63) is 75.2 Å². The minimum Gasteiger partial charge on any atom is -0.267 e. The van der Waals surface area contributed by atoms with Crippen LogP contribution < -0.4 is 5.43 Å². The van der Waals surface area contributed by atoms with E-state index in [1.54, 1.807) is 23.1 Å². The van der Waals surface area contributed by atoms with Crippen LogP contribution in [0.3, 0.4) is 0 Å². The standard InChI is InChI=1S/C20H20N4OS2/c1-13-11-14(2)22-20(21-13)27-12-16-6-8-17(9-7-16)19(25)24-23-15(3)18-5-4-10-26-18/h4-11H,12H2,1-3H3,(H,24,25)/b23-15+. The van der Waals surface area contributed by atoms with Gasteiger partial charge in [-0.25, -0.2) is 15.4 Å². The van der Waals surface area contributed by atoms with E-state index in [2.05, 4.69) is 20.5 Å². The number of thioether (sulfide) groups is 1. The first kappa shape index (κ1) is 19.3. The van der Waals surface area contributed by atoms with Crippen LogP contribution in [0, 0.1) is 13.8 Å². The number of hydrogen-bond acceptors (Lipinski definition) is 6. The van der Waals surface area contributed by atoms with E-state index < -0.39 is 0 Å². The van der Waals surface area contributed by atoms with Crippen LogP contribution in [0.25, 0.3) is 0 Å². The van der Waals surface area contributed by atoms with Crippen molar-refractivity contribution in [2.45, 2.75) is 31.7 Å². The van der Waals surface area contributed by atoms with Gasteiger partial charge in [-0.15, -0.1) is 11.3 Å². The molecule has 0 unspecified atom stereocenters. The second-order valence-corrected chi connectivity index (χ2v) is 7.92. The molecule has 0 aliphatic heterocycles. The molecule has 1 N–H and O–H groups in total. The number of hydrogen-bond donors (Lipinski definition) is 1. The van der Waals surface area contributed by atoms with Crippen LogP contribution in [0.1, 0.15) is 39.1 Å². The first-order chi connectivity index (χ1) is 13.0. The van der Waals surface area contributed by atoms with E-state index in [1.165, 1.54) is 0 Å². The number of carbonyl (C=O) groups excluding carboxylic acids is 1. The Bertz CT molecular complexity index is 930. The van der Waals surface area contributed by atoms with Gasteiger partial charge < -0.3 is 0 Å². The van der Waals surface area contributed by atoms with E-state index >= 15 is 0 Å². The Labute approximate surface area is 167 Å². The Morgan fingerprint density at radius 1 is 1.15 bits per heavy atom. The number of rotatable bonds is 6. The van der Waals surface area contributed by atoms with Crippen molar-refractivity contribution in [1.29, 1.82) is 0 Å². The number of benzene rings is 1. The molecule has 3 aromatic rings. The molecule has 0 radical (unpaired) electrons. The summed E-state index contributed by atoms with van der Waals surface area (Å²) >= 11 is 3.18. The highest BCUT2D eigenvalue weighted by molar-refractivity contribution is 7.98. The lowest BCUT2D eigenvalue weighted by Crippen LogP contribution is -2.19. The van der Waals surface area contributed by atoms with Crippen molar-refractivity contribution in [1.82, 2.24) is 15.4 Å². The van der Waals surface area contributed by atoms with E-state index in [9.17, 15) is 4.79 Å². The van der Waals surface area contributed by atoms with Gasteiger partial charge in [0.25, 0.3) is 5.91 Å². The minimum absolute atomic E-state index is 0.220. The molecule has 0 atom stereocenters. The third-order valence-corrected chi connectivity index (χ3v) is 5.65. The largest absolute Gasteiger partial charge is 0.271 e. The average molecular weight is 397 g/mol. The second-order valence-electron chi connectivity index (χ2n) is 6.03. The normalized spacial score (nSPS) is 11.4. The molecule has 138 valence electrons. The topological polar surface area (TPSA) is 67.2 Å². The fourth-order valence-corrected chi connectivity index (χ4v) is 3.98. The monoisotopic (exact) mass is 396 g/mol. The third kappa shape index (κ3) is 5.48. The van der Waals surface area contributed by atoms with Gasteiger partial charge in [0.05, 0.1) is 5.71 Å². The Balaban J connectivity index is 1.58. The van der Waals surface area contributed by atoms with E-state index in [0.717, 1.165) is 38.4 Å². The first-order valence-electron chi connectivity index (χ1n) is 8.44. The number of amides is 1. The summed E-state index contributed by atoms with van der Waals surface area (Å²) in [4.78, 5) is 22.1. The van der Waals surface area contributed by atoms with Crippen molar-refractivity contribution in [3.8, 4) is 0 Å². The molecular formula is C20H20N4OS2. The van der Waals surface area contributed by atoms with Crippen molar-refractivity contribution in [2.24, 2.45) is 5.10 Å². The number of carbonyl (C=O) groups is 1. The lowest BCUT2D eigenvalue weighted by Gasteiger charge is -2.05. The smallest absolute Gasteiger partial charge is 0.267 e. The predicted octanol–water partition coefficient (Wildman–Crippen LogP) is 4.60. The summed E-state index contributed by atoms with van der Waals surface area (Å²) in [6, 6.07) is 13.4. The molecule has 1 aromatic carbocycles. The number of nitrogens with zero attached hydrogens (tertiary/aromatic N) is 3. The molecule has 0 spiro atoms. The number of nitrogens with one attached hydrogen (secondary N) is 1. The fourth-order valence-electron chi connectivity index (χ4n) is 2.40. The zero-order valence-electron chi connectivity index (χ0n) is 15.4. The number of thiophene rings is 1. The van der Waals surface area contributed by atoms with Crippen molar-refractivity contribution < 1.29 is 4.79 Å². The molecule has 5 nitrogen and oxygen atoms in total.